The van der Waals surface area contributed by atoms with Crippen LogP contribution in [-0.2, 0) is 10.0 Å². The van der Waals surface area contributed by atoms with Gasteiger partial charge in [-0.2, -0.15) is 4.31 Å². The standard InChI is InChI=1S/C17H16ClN5O4S2/c18-9-5-6-11-13(7-9)28-17(21-11)16-15(20)10(19)8-22(16)29(26,27)14-4-2-1-3-12(14)23(24)25/h1-7,10,15-16H,8,19-20H2. The summed E-state index contributed by atoms with van der Waals surface area (Å²) in [5.41, 5.74) is 12.5. The monoisotopic (exact) mass is 453 g/mol. The molecule has 2 aromatic carbocycles. The second-order valence-corrected chi connectivity index (χ2v) is 10.0. The Kier molecular flexibility index (Phi) is 5.05. The van der Waals surface area contributed by atoms with Gasteiger partial charge in [0.15, 0.2) is 4.90 Å². The lowest BCUT2D eigenvalue weighted by Gasteiger charge is -2.24. The first-order valence-electron chi connectivity index (χ1n) is 8.52. The van der Waals surface area contributed by atoms with Crippen molar-refractivity contribution in [2.24, 2.45) is 11.5 Å². The zero-order chi connectivity index (χ0) is 20.9. The molecule has 1 fully saturated rings. The summed E-state index contributed by atoms with van der Waals surface area (Å²) >= 11 is 7.30. The van der Waals surface area contributed by atoms with Crippen molar-refractivity contribution in [2.75, 3.05) is 6.54 Å². The Labute approximate surface area is 175 Å². The minimum atomic E-state index is -4.25. The van der Waals surface area contributed by atoms with Gasteiger partial charge in [-0.1, -0.05) is 23.7 Å². The lowest BCUT2D eigenvalue weighted by Crippen LogP contribution is -2.41. The van der Waals surface area contributed by atoms with E-state index in [1.807, 2.05) is 0 Å². The van der Waals surface area contributed by atoms with Crippen LogP contribution in [0.2, 0.25) is 5.02 Å². The summed E-state index contributed by atoms with van der Waals surface area (Å²) in [6, 6.07) is 8.16. The molecule has 9 nitrogen and oxygen atoms in total. The highest BCUT2D eigenvalue weighted by Gasteiger charge is 2.48. The van der Waals surface area contributed by atoms with Gasteiger partial charge in [0.25, 0.3) is 15.7 Å². The molecule has 0 spiro atoms. The predicted molar refractivity (Wildman–Crippen MR) is 110 cm³/mol. The molecule has 0 amide bonds. The first kappa shape index (κ1) is 20.1. The van der Waals surface area contributed by atoms with Crippen LogP contribution in [0.4, 0.5) is 5.69 Å². The van der Waals surface area contributed by atoms with E-state index < -0.39 is 43.7 Å². The van der Waals surface area contributed by atoms with Gasteiger partial charge in [0.1, 0.15) is 5.01 Å². The Balaban J connectivity index is 1.84. The Morgan fingerprint density at radius 3 is 2.69 bits per heavy atom. The van der Waals surface area contributed by atoms with Crippen molar-refractivity contribution in [1.82, 2.24) is 9.29 Å². The van der Waals surface area contributed by atoms with Gasteiger partial charge in [0.2, 0.25) is 0 Å². The number of aromatic nitrogens is 1. The molecule has 12 heteroatoms. The number of nitro benzene ring substituents is 1. The molecule has 1 saturated heterocycles. The number of para-hydroxylation sites is 1. The van der Waals surface area contributed by atoms with E-state index in [4.69, 9.17) is 23.1 Å². The first-order chi connectivity index (χ1) is 13.7. The number of rotatable bonds is 4. The van der Waals surface area contributed by atoms with Crippen LogP contribution < -0.4 is 11.5 Å². The number of nitrogens with zero attached hydrogens (tertiary/aromatic N) is 3. The van der Waals surface area contributed by atoms with E-state index >= 15 is 0 Å². The van der Waals surface area contributed by atoms with E-state index in [0.717, 1.165) is 15.1 Å². The van der Waals surface area contributed by atoms with Crippen molar-refractivity contribution in [2.45, 2.75) is 23.0 Å². The smallest absolute Gasteiger partial charge is 0.289 e. The van der Waals surface area contributed by atoms with E-state index in [1.54, 1.807) is 18.2 Å². The molecule has 3 aromatic rings. The van der Waals surface area contributed by atoms with Crippen LogP contribution in [-0.4, -0.2) is 41.3 Å². The normalized spacial score (nSPS) is 22.9. The van der Waals surface area contributed by atoms with Gasteiger partial charge in [0, 0.05) is 29.7 Å². The van der Waals surface area contributed by atoms with Crippen LogP contribution in [0.3, 0.4) is 0 Å². The van der Waals surface area contributed by atoms with Gasteiger partial charge in [-0.3, -0.25) is 10.1 Å². The van der Waals surface area contributed by atoms with Crippen LogP contribution in [0, 0.1) is 10.1 Å². The van der Waals surface area contributed by atoms with Gasteiger partial charge >= 0.3 is 0 Å². The third kappa shape index (κ3) is 3.39. The molecule has 4 N–H and O–H groups in total. The number of fused-ring (bicyclic) bond motifs is 1. The maximum atomic E-state index is 13.4. The predicted octanol–water partition coefficient (Wildman–Crippen LogP) is 2.26. The van der Waals surface area contributed by atoms with Crippen molar-refractivity contribution in [3.8, 4) is 0 Å². The summed E-state index contributed by atoms with van der Waals surface area (Å²) in [5, 5.41) is 12.4. The average molecular weight is 454 g/mol. The zero-order valence-corrected chi connectivity index (χ0v) is 17.2. The van der Waals surface area contributed by atoms with Crippen LogP contribution in [0.25, 0.3) is 10.2 Å². The Morgan fingerprint density at radius 2 is 1.97 bits per heavy atom. The van der Waals surface area contributed by atoms with Gasteiger partial charge in [-0.15, -0.1) is 11.3 Å². The maximum Gasteiger partial charge on any atom is 0.289 e. The van der Waals surface area contributed by atoms with E-state index in [-0.39, 0.29) is 6.54 Å². The summed E-state index contributed by atoms with van der Waals surface area (Å²) < 4.78 is 28.6. The van der Waals surface area contributed by atoms with E-state index in [0.29, 0.717) is 15.5 Å². The molecule has 1 aliphatic rings. The third-order valence-corrected chi connectivity index (χ3v) is 8.05. The van der Waals surface area contributed by atoms with Crippen molar-refractivity contribution < 1.29 is 13.3 Å². The quantitative estimate of drug-likeness (QED) is 0.455. The second kappa shape index (κ2) is 7.27. The molecule has 1 aliphatic heterocycles. The average Bonchev–Trinajstić information content (AvgIpc) is 3.22. The van der Waals surface area contributed by atoms with E-state index in [1.165, 1.54) is 29.5 Å². The molecule has 2 heterocycles. The number of sulfonamides is 1. The van der Waals surface area contributed by atoms with Gasteiger partial charge in [0.05, 0.1) is 21.2 Å². The number of benzene rings is 2. The lowest BCUT2D eigenvalue weighted by atomic mass is 10.1. The molecule has 0 aliphatic carbocycles. The first-order valence-corrected chi connectivity index (χ1v) is 11.2. The topological polar surface area (TPSA) is 145 Å². The van der Waals surface area contributed by atoms with Crippen molar-refractivity contribution >= 4 is 48.9 Å². The molecule has 29 heavy (non-hydrogen) atoms. The number of thiazole rings is 1. The summed E-state index contributed by atoms with van der Waals surface area (Å²) in [5.74, 6) is 0. The second-order valence-electron chi connectivity index (χ2n) is 6.65. The summed E-state index contributed by atoms with van der Waals surface area (Å²) in [4.78, 5) is 14.8. The van der Waals surface area contributed by atoms with E-state index in [9.17, 15) is 18.5 Å². The highest BCUT2D eigenvalue weighted by molar-refractivity contribution is 7.89. The molecule has 0 saturated carbocycles. The van der Waals surface area contributed by atoms with Gasteiger partial charge in [-0.25, -0.2) is 13.4 Å². The zero-order valence-electron chi connectivity index (χ0n) is 14.8. The lowest BCUT2D eigenvalue weighted by molar-refractivity contribution is -0.387. The Hall–Kier alpha value is -2.15. The highest BCUT2D eigenvalue weighted by Crippen LogP contribution is 2.40. The molecule has 0 radical (unpaired) electrons. The number of nitrogens with two attached hydrogens (primary N) is 2. The van der Waals surface area contributed by atoms with Crippen molar-refractivity contribution in [3.05, 3.63) is 62.6 Å². The molecule has 3 unspecified atom stereocenters. The summed E-state index contributed by atoms with van der Waals surface area (Å²) in [6.07, 6.45) is 0. The largest absolute Gasteiger partial charge is 0.325 e. The number of nitro groups is 1. The van der Waals surface area contributed by atoms with Gasteiger partial charge in [-0.05, 0) is 24.3 Å². The molecule has 152 valence electrons. The number of halogens is 1. The summed E-state index contributed by atoms with van der Waals surface area (Å²) in [7, 11) is -4.25. The third-order valence-electron chi connectivity index (χ3n) is 4.83. The van der Waals surface area contributed by atoms with Gasteiger partial charge < -0.3 is 11.5 Å². The van der Waals surface area contributed by atoms with Crippen LogP contribution in [0.1, 0.15) is 11.0 Å². The van der Waals surface area contributed by atoms with Crippen molar-refractivity contribution in [3.63, 3.8) is 0 Å². The maximum absolute atomic E-state index is 13.4. The molecule has 3 atom stereocenters. The Morgan fingerprint density at radius 1 is 1.24 bits per heavy atom. The van der Waals surface area contributed by atoms with Crippen LogP contribution >= 0.6 is 22.9 Å². The fourth-order valence-electron chi connectivity index (χ4n) is 3.40. The van der Waals surface area contributed by atoms with Crippen LogP contribution in [0.5, 0.6) is 0 Å². The Bertz CT molecular complexity index is 1220. The van der Waals surface area contributed by atoms with Crippen molar-refractivity contribution in [1.29, 1.82) is 0 Å². The number of hydrogen-bond donors (Lipinski definition) is 2. The fourth-order valence-corrected chi connectivity index (χ4v) is 6.70. The highest BCUT2D eigenvalue weighted by atomic mass is 35.5. The molecule has 0 bridgehead atoms. The molecular formula is C17H16ClN5O4S2. The number of hydrogen-bond acceptors (Lipinski definition) is 8. The molecule has 4 rings (SSSR count). The minimum Gasteiger partial charge on any atom is -0.325 e. The fraction of sp³-hybridized carbons (Fsp3) is 0.235. The van der Waals surface area contributed by atoms with E-state index in [2.05, 4.69) is 4.98 Å². The minimum absolute atomic E-state index is 0.0725. The molecule has 1 aromatic heterocycles. The molecular weight excluding hydrogens is 438 g/mol. The summed E-state index contributed by atoms with van der Waals surface area (Å²) in [6.45, 7) is -0.0725. The van der Waals surface area contributed by atoms with Crippen LogP contribution in [0.15, 0.2) is 47.4 Å². The SMILES string of the molecule is NC1CN(S(=O)(=O)c2ccccc2[N+](=O)[O-])C(c2nc3ccc(Cl)cc3s2)C1N.